The molecular weight excluding hydrogens is 330 g/mol. The van der Waals surface area contributed by atoms with Gasteiger partial charge in [-0.15, -0.1) is 0 Å². The van der Waals surface area contributed by atoms with Gasteiger partial charge in [-0.2, -0.15) is 4.37 Å². The summed E-state index contributed by atoms with van der Waals surface area (Å²) in [6, 6.07) is 11.6. The van der Waals surface area contributed by atoms with Gasteiger partial charge in [0.25, 0.3) is 0 Å². The smallest absolute Gasteiger partial charge is 0.322 e. The van der Waals surface area contributed by atoms with Crippen LogP contribution in [0.5, 0.6) is 0 Å². The zero-order valence-corrected chi connectivity index (χ0v) is 14.7. The third-order valence-corrected chi connectivity index (χ3v) is 6.45. The van der Waals surface area contributed by atoms with Gasteiger partial charge in [-0.05, 0) is 25.4 Å². The molecule has 2 heterocycles. The monoisotopic (exact) mass is 349 g/mol. The second-order valence-corrected chi connectivity index (χ2v) is 9.11. The maximum atomic E-state index is 12.4. The Morgan fingerprint density at radius 1 is 1.35 bits per heavy atom. The molecule has 1 aliphatic heterocycles. The standard InChI is InChI=1S/C16H19N3O2S2/c1-16(2)11-19(8-9-23(16)21)15(20)17-14-10-13(18-22-14)12-6-4-3-5-7-12/h3-7,10H,8-9,11H2,1-2H3,(H,17,20). The summed E-state index contributed by atoms with van der Waals surface area (Å²) in [5.74, 6) is 0.526. The van der Waals surface area contributed by atoms with Crippen LogP contribution in [-0.4, -0.2) is 43.1 Å². The first-order chi connectivity index (χ1) is 11.0. The lowest BCUT2D eigenvalue weighted by atomic mass is 10.1. The molecule has 0 aliphatic carbocycles. The van der Waals surface area contributed by atoms with E-state index in [9.17, 15) is 9.00 Å². The molecule has 0 radical (unpaired) electrons. The predicted molar refractivity (Wildman–Crippen MR) is 95.2 cm³/mol. The van der Waals surface area contributed by atoms with Gasteiger partial charge in [0.05, 0.1) is 10.4 Å². The summed E-state index contributed by atoms with van der Waals surface area (Å²) in [6.07, 6.45) is 0. The van der Waals surface area contributed by atoms with Crippen LogP contribution in [0, 0.1) is 0 Å². The van der Waals surface area contributed by atoms with Crippen molar-refractivity contribution in [1.29, 1.82) is 0 Å². The van der Waals surface area contributed by atoms with E-state index in [0.29, 0.717) is 18.8 Å². The van der Waals surface area contributed by atoms with Gasteiger partial charge in [0.15, 0.2) is 0 Å². The maximum absolute atomic E-state index is 12.4. The third-order valence-electron chi connectivity index (χ3n) is 3.83. The number of hydrogen-bond donors (Lipinski definition) is 1. The minimum atomic E-state index is -0.886. The Balaban J connectivity index is 1.67. The molecule has 23 heavy (non-hydrogen) atoms. The van der Waals surface area contributed by atoms with Crippen molar-refractivity contribution in [2.75, 3.05) is 24.2 Å². The van der Waals surface area contributed by atoms with E-state index in [0.717, 1.165) is 16.3 Å². The molecule has 1 aromatic heterocycles. The van der Waals surface area contributed by atoms with Crippen LogP contribution < -0.4 is 5.32 Å². The highest BCUT2D eigenvalue weighted by molar-refractivity contribution is 7.86. The van der Waals surface area contributed by atoms with E-state index in [4.69, 9.17) is 0 Å². The molecule has 0 saturated carbocycles. The first-order valence-corrected chi connectivity index (χ1v) is 9.51. The van der Waals surface area contributed by atoms with Crippen molar-refractivity contribution in [3.05, 3.63) is 36.4 Å². The van der Waals surface area contributed by atoms with Crippen molar-refractivity contribution >= 4 is 33.4 Å². The summed E-state index contributed by atoms with van der Waals surface area (Å²) in [6.45, 7) is 4.88. The Hall–Kier alpha value is -1.73. The lowest BCUT2D eigenvalue weighted by Gasteiger charge is -2.36. The summed E-state index contributed by atoms with van der Waals surface area (Å²) < 4.78 is 16.0. The maximum Gasteiger partial charge on any atom is 0.322 e. The first kappa shape index (κ1) is 16.1. The molecule has 1 aromatic carbocycles. The van der Waals surface area contributed by atoms with E-state index < -0.39 is 10.8 Å². The largest absolute Gasteiger partial charge is 0.322 e. The number of aromatic nitrogens is 1. The van der Waals surface area contributed by atoms with E-state index in [1.54, 1.807) is 4.90 Å². The van der Waals surface area contributed by atoms with Gasteiger partial charge in [0.2, 0.25) is 0 Å². The number of nitrogens with zero attached hydrogens (tertiary/aromatic N) is 2. The zero-order chi connectivity index (χ0) is 16.4. The third kappa shape index (κ3) is 3.61. The highest BCUT2D eigenvalue weighted by atomic mass is 32.2. The van der Waals surface area contributed by atoms with Gasteiger partial charge in [0.1, 0.15) is 5.00 Å². The molecule has 1 atom stereocenters. The van der Waals surface area contributed by atoms with Crippen LogP contribution in [0.2, 0.25) is 0 Å². The lowest BCUT2D eigenvalue weighted by molar-refractivity contribution is 0.208. The Morgan fingerprint density at radius 2 is 2.09 bits per heavy atom. The molecular formula is C16H19N3O2S2. The van der Waals surface area contributed by atoms with Crippen LogP contribution in [0.1, 0.15) is 13.8 Å². The van der Waals surface area contributed by atoms with Crippen LogP contribution in [0.25, 0.3) is 11.3 Å². The van der Waals surface area contributed by atoms with Gasteiger partial charge in [-0.1, -0.05) is 30.3 Å². The highest BCUT2D eigenvalue weighted by Gasteiger charge is 2.35. The molecule has 5 nitrogen and oxygen atoms in total. The van der Waals surface area contributed by atoms with Crippen LogP contribution in [0.3, 0.4) is 0 Å². The Morgan fingerprint density at radius 3 is 2.78 bits per heavy atom. The van der Waals surface area contributed by atoms with Crippen LogP contribution in [0.4, 0.5) is 9.80 Å². The molecule has 2 aromatic rings. The molecule has 1 fully saturated rings. The van der Waals surface area contributed by atoms with Gasteiger partial charge >= 0.3 is 6.03 Å². The normalized spacial score (nSPS) is 20.3. The second-order valence-electron chi connectivity index (χ2n) is 6.10. The fourth-order valence-corrected chi connectivity index (χ4v) is 4.41. The molecule has 1 N–H and O–H groups in total. The molecule has 122 valence electrons. The number of hydrogen-bond acceptors (Lipinski definition) is 4. The molecule has 0 bridgehead atoms. The summed E-state index contributed by atoms with van der Waals surface area (Å²) in [7, 11) is -0.886. The fourth-order valence-electron chi connectivity index (χ4n) is 2.52. The van der Waals surface area contributed by atoms with Crippen molar-refractivity contribution in [1.82, 2.24) is 9.27 Å². The van der Waals surface area contributed by atoms with E-state index in [1.165, 1.54) is 11.5 Å². The zero-order valence-electron chi connectivity index (χ0n) is 13.1. The molecule has 7 heteroatoms. The summed E-state index contributed by atoms with van der Waals surface area (Å²) in [5.41, 5.74) is 1.88. The fraction of sp³-hybridized carbons (Fsp3) is 0.375. The number of nitrogens with one attached hydrogen (secondary N) is 1. The van der Waals surface area contributed by atoms with Crippen LogP contribution in [-0.2, 0) is 10.8 Å². The number of urea groups is 1. The van der Waals surface area contributed by atoms with Crippen molar-refractivity contribution in [3.63, 3.8) is 0 Å². The van der Waals surface area contributed by atoms with Crippen molar-refractivity contribution in [3.8, 4) is 11.3 Å². The van der Waals surface area contributed by atoms with Crippen LogP contribution >= 0.6 is 11.5 Å². The minimum Gasteiger partial charge on any atom is -0.322 e. The van der Waals surface area contributed by atoms with E-state index in [2.05, 4.69) is 9.69 Å². The lowest BCUT2D eigenvalue weighted by Crippen LogP contribution is -2.53. The van der Waals surface area contributed by atoms with E-state index in [1.807, 2.05) is 50.2 Å². The number of anilines is 1. The number of carbonyl (C=O) groups is 1. The number of benzene rings is 1. The minimum absolute atomic E-state index is 0.155. The first-order valence-electron chi connectivity index (χ1n) is 7.42. The number of carbonyl (C=O) groups excluding carboxylic acids is 1. The van der Waals surface area contributed by atoms with Crippen molar-refractivity contribution in [2.45, 2.75) is 18.6 Å². The molecule has 3 rings (SSSR count). The van der Waals surface area contributed by atoms with Crippen LogP contribution in [0.15, 0.2) is 36.4 Å². The Labute approximate surface area is 142 Å². The average molecular weight is 349 g/mol. The van der Waals surface area contributed by atoms with Gasteiger partial charge in [-0.3, -0.25) is 9.53 Å². The second kappa shape index (κ2) is 6.41. The molecule has 1 unspecified atom stereocenters. The van der Waals surface area contributed by atoms with E-state index in [-0.39, 0.29) is 10.8 Å². The van der Waals surface area contributed by atoms with E-state index >= 15 is 0 Å². The Kier molecular flexibility index (Phi) is 4.50. The molecule has 0 spiro atoms. The molecule has 2 amide bonds. The topological polar surface area (TPSA) is 62.3 Å². The number of rotatable bonds is 2. The Bertz CT molecular complexity index is 728. The highest BCUT2D eigenvalue weighted by Crippen LogP contribution is 2.26. The van der Waals surface area contributed by atoms with Gasteiger partial charge in [-0.25, -0.2) is 4.79 Å². The summed E-state index contributed by atoms with van der Waals surface area (Å²) >= 11 is 1.27. The van der Waals surface area contributed by atoms with Gasteiger partial charge < -0.3 is 4.90 Å². The van der Waals surface area contributed by atoms with Gasteiger partial charge in [0, 0.05) is 41.3 Å². The van der Waals surface area contributed by atoms with Crippen molar-refractivity contribution < 1.29 is 9.00 Å². The molecule has 1 saturated heterocycles. The predicted octanol–water partition coefficient (Wildman–Crippen LogP) is 3.18. The number of amides is 2. The average Bonchev–Trinajstić information content (AvgIpc) is 2.99. The SMILES string of the molecule is CC1(C)CN(C(=O)Nc2cc(-c3ccccc3)ns2)CCS1=O. The quantitative estimate of drug-likeness (QED) is 0.906. The summed E-state index contributed by atoms with van der Waals surface area (Å²) in [4.78, 5) is 14.1. The molecule has 1 aliphatic rings. The van der Waals surface area contributed by atoms with Crippen molar-refractivity contribution in [2.24, 2.45) is 0 Å². The summed E-state index contributed by atoms with van der Waals surface area (Å²) in [5, 5.41) is 3.62.